The number of piperidine rings is 1. The Morgan fingerprint density at radius 2 is 2.38 bits per heavy atom. The van der Waals surface area contributed by atoms with Crippen molar-refractivity contribution in [1.82, 2.24) is 4.90 Å². The first-order valence-corrected chi connectivity index (χ1v) is 6.87. The van der Waals surface area contributed by atoms with Gasteiger partial charge in [0, 0.05) is 6.04 Å². The maximum atomic E-state index is 12.0. The Labute approximate surface area is 101 Å². The Hall–Kier alpha value is -0.670. The molecule has 1 aromatic rings. The molecule has 1 aliphatic rings. The van der Waals surface area contributed by atoms with Crippen molar-refractivity contribution in [2.45, 2.75) is 32.7 Å². The summed E-state index contributed by atoms with van der Waals surface area (Å²) >= 11 is 1.55. The molecule has 0 amide bonds. The molecule has 0 spiro atoms. The molecule has 1 aromatic heterocycles. The van der Waals surface area contributed by atoms with Crippen LogP contribution in [0.3, 0.4) is 0 Å². The predicted octanol–water partition coefficient (Wildman–Crippen LogP) is 3.05. The summed E-state index contributed by atoms with van der Waals surface area (Å²) in [5.41, 5.74) is 0. The van der Waals surface area contributed by atoms with E-state index in [0.717, 1.165) is 11.4 Å². The van der Waals surface area contributed by atoms with Crippen molar-refractivity contribution in [3.63, 3.8) is 0 Å². The first kappa shape index (κ1) is 11.8. The fourth-order valence-electron chi connectivity index (χ4n) is 2.34. The maximum absolute atomic E-state index is 12.0. The Balaban J connectivity index is 1.96. The van der Waals surface area contributed by atoms with Crippen LogP contribution in [0, 0.1) is 5.92 Å². The van der Waals surface area contributed by atoms with Crippen molar-refractivity contribution in [1.29, 1.82) is 0 Å². The van der Waals surface area contributed by atoms with Crippen molar-refractivity contribution in [3.05, 3.63) is 22.4 Å². The van der Waals surface area contributed by atoms with E-state index in [-0.39, 0.29) is 5.78 Å². The number of ketones is 1. The molecular weight excluding hydrogens is 218 g/mol. The second kappa shape index (κ2) is 5.11. The van der Waals surface area contributed by atoms with Crippen molar-refractivity contribution in [2.75, 3.05) is 13.1 Å². The molecule has 3 heteroatoms. The number of hydrogen-bond acceptors (Lipinski definition) is 3. The summed E-state index contributed by atoms with van der Waals surface area (Å²) < 4.78 is 0. The summed E-state index contributed by atoms with van der Waals surface area (Å²) in [5.74, 6) is 0.987. The normalized spacial score (nSPS) is 26.9. The van der Waals surface area contributed by atoms with Gasteiger partial charge in [-0.15, -0.1) is 11.3 Å². The van der Waals surface area contributed by atoms with Gasteiger partial charge in [0.25, 0.3) is 0 Å². The van der Waals surface area contributed by atoms with E-state index in [9.17, 15) is 4.79 Å². The van der Waals surface area contributed by atoms with Gasteiger partial charge in [0.2, 0.25) is 0 Å². The van der Waals surface area contributed by atoms with E-state index < -0.39 is 0 Å². The molecule has 1 fully saturated rings. The average molecular weight is 237 g/mol. The van der Waals surface area contributed by atoms with Crippen LogP contribution in [0.1, 0.15) is 36.4 Å². The molecule has 0 radical (unpaired) electrons. The van der Waals surface area contributed by atoms with E-state index in [0.29, 0.717) is 18.5 Å². The second-order valence-corrected chi connectivity index (χ2v) is 5.68. The topological polar surface area (TPSA) is 20.3 Å². The van der Waals surface area contributed by atoms with Crippen LogP contribution in [0.5, 0.6) is 0 Å². The average Bonchev–Trinajstić information content (AvgIpc) is 2.78. The molecular formula is C13H19NOS. The van der Waals surface area contributed by atoms with Crippen LogP contribution in [0.2, 0.25) is 0 Å². The molecule has 0 aliphatic carbocycles. The molecule has 2 unspecified atom stereocenters. The summed E-state index contributed by atoms with van der Waals surface area (Å²) in [6, 6.07) is 4.41. The Bertz CT molecular complexity index is 347. The first-order valence-electron chi connectivity index (χ1n) is 5.99. The van der Waals surface area contributed by atoms with Gasteiger partial charge in [0.1, 0.15) is 0 Å². The molecule has 2 heterocycles. The Morgan fingerprint density at radius 3 is 3.06 bits per heavy atom. The quantitative estimate of drug-likeness (QED) is 0.753. The fraction of sp³-hybridized carbons (Fsp3) is 0.615. The summed E-state index contributed by atoms with van der Waals surface area (Å²) in [7, 11) is 0. The smallest absolute Gasteiger partial charge is 0.186 e. The minimum atomic E-state index is 0.274. The van der Waals surface area contributed by atoms with E-state index >= 15 is 0 Å². The fourth-order valence-corrected chi connectivity index (χ4v) is 3.00. The zero-order valence-corrected chi connectivity index (χ0v) is 10.8. The SMILES string of the molecule is CC1CCCN(CC(=O)c2cccs2)C1C. The third kappa shape index (κ3) is 2.53. The summed E-state index contributed by atoms with van der Waals surface area (Å²) in [5, 5.41) is 1.97. The zero-order valence-electron chi connectivity index (χ0n) is 9.98. The van der Waals surface area contributed by atoms with Crippen molar-refractivity contribution in [2.24, 2.45) is 5.92 Å². The Kier molecular flexibility index (Phi) is 3.77. The minimum absolute atomic E-state index is 0.274. The van der Waals surface area contributed by atoms with Crippen molar-refractivity contribution >= 4 is 17.1 Å². The molecule has 88 valence electrons. The van der Waals surface area contributed by atoms with E-state index in [1.807, 2.05) is 17.5 Å². The van der Waals surface area contributed by atoms with Crippen LogP contribution in [0.25, 0.3) is 0 Å². The molecule has 1 saturated heterocycles. The molecule has 2 atom stereocenters. The van der Waals surface area contributed by atoms with Crippen LogP contribution in [-0.4, -0.2) is 29.8 Å². The maximum Gasteiger partial charge on any atom is 0.186 e. The van der Waals surface area contributed by atoms with Gasteiger partial charge in [-0.25, -0.2) is 0 Å². The largest absolute Gasteiger partial charge is 0.293 e. The molecule has 0 bridgehead atoms. The highest BCUT2D eigenvalue weighted by molar-refractivity contribution is 7.12. The lowest BCUT2D eigenvalue weighted by Crippen LogP contribution is -2.44. The van der Waals surface area contributed by atoms with Gasteiger partial charge in [-0.2, -0.15) is 0 Å². The third-order valence-electron chi connectivity index (χ3n) is 3.65. The van der Waals surface area contributed by atoms with Gasteiger partial charge in [-0.1, -0.05) is 13.0 Å². The number of nitrogens with zero attached hydrogens (tertiary/aromatic N) is 1. The summed E-state index contributed by atoms with van der Waals surface area (Å²) in [4.78, 5) is 15.2. The molecule has 0 saturated carbocycles. The third-order valence-corrected chi connectivity index (χ3v) is 4.56. The van der Waals surface area contributed by atoms with Gasteiger partial charge in [-0.05, 0) is 43.7 Å². The predicted molar refractivity (Wildman–Crippen MR) is 68.1 cm³/mol. The van der Waals surface area contributed by atoms with Gasteiger partial charge in [0.05, 0.1) is 11.4 Å². The van der Waals surface area contributed by atoms with Crippen molar-refractivity contribution in [3.8, 4) is 0 Å². The van der Waals surface area contributed by atoms with Gasteiger partial charge in [0.15, 0.2) is 5.78 Å². The molecule has 2 rings (SSSR count). The van der Waals surface area contributed by atoms with E-state index in [1.54, 1.807) is 11.3 Å². The molecule has 0 N–H and O–H groups in total. The first-order chi connectivity index (χ1) is 7.68. The van der Waals surface area contributed by atoms with Crippen LogP contribution >= 0.6 is 11.3 Å². The summed E-state index contributed by atoms with van der Waals surface area (Å²) in [6.07, 6.45) is 2.52. The van der Waals surface area contributed by atoms with E-state index in [2.05, 4.69) is 18.7 Å². The minimum Gasteiger partial charge on any atom is -0.293 e. The van der Waals surface area contributed by atoms with Crippen LogP contribution < -0.4 is 0 Å². The lowest BCUT2D eigenvalue weighted by atomic mass is 9.92. The number of rotatable bonds is 3. The number of hydrogen-bond donors (Lipinski definition) is 0. The van der Waals surface area contributed by atoms with E-state index in [4.69, 9.17) is 0 Å². The second-order valence-electron chi connectivity index (χ2n) is 4.73. The summed E-state index contributed by atoms with van der Waals surface area (Å²) in [6.45, 7) is 6.19. The number of Topliss-reactive ketones (excluding diaryl/α,β-unsaturated/α-hetero) is 1. The van der Waals surface area contributed by atoms with E-state index in [1.165, 1.54) is 12.8 Å². The lowest BCUT2D eigenvalue weighted by molar-refractivity contribution is 0.0783. The van der Waals surface area contributed by atoms with Gasteiger partial charge in [-0.3, -0.25) is 9.69 Å². The lowest BCUT2D eigenvalue weighted by Gasteiger charge is -2.37. The highest BCUT2D eigenvalue weighted by Gasteiger charge is 2.26. The number of carbonyl (C=O) groups excluding carboxylic acids is 1. The van der Waals surface area contributed by atoms with Gasteiger partial charge >= 0.3 is 0 Å². The number of carbonyl (C=O) groups is 1. The molecule has 16 heavy (non-hydrogen) atoms. The zero-order chi connectivity index (χ0) is 11.5. The van der Waals surface area contributed by atoms with Crippen LogP contribution in [-0.2, 0) is 0 Å². The molecule has 0 aromatic carbocycles. The Morgan fingerprint density at radius 1 is 1.56 bits per heavy atom. The standard InChI is InChI=1S/C13H19NOS/c1-10-5-3-7-14(11(10)2)9-12(15)13-6-4-8-16-13/h4,6,8,10-11H,3,5,7,9H2,1-2H3. The van der Waals surface area contributed by atoms with Crippen LogP contribution in [0.15, 0.2) is 17.5 Å². The molecule has 2 nitrogen and oxygen atoms in total. The van der Waals surface area contributed by atoms with Gasteiger partial charge < -0.3 is 0 Å². The monoisotopic (exact) mass is 237 g/mol. The van der Waals surface area contributed by atoms with Crippen LogP contribution in [0.4, 0.5) is 0 Å². The number of thiophene rings is 1. The number of likely N-dealkylation sites (tertiary alicyclic amines) is 1. The highest BCUT2D eigenvalue weighted by atomic mass is 32.1. The highest BCUT2D eigenvalue weighted by Crippen LogP contribution is 2.23. The molecule has 1 aliphatic heterocycles. The van der Waals surface area contributed by atoms with Crippen molar-refractivity contribution < 1.29 is 4.79 Å².